The Kier molecular flexibility index (Phi) is 4.50. The van der Waals surface area contributed by atoms with Gasteiger partial charge in [-0.1, -0.05) is 48.7 Å². The molecule has 1 atom stereocenters. The maximum Gasteiger partial charge on any atom is 0.196 e. The number of unbranched alkanes of at least 4 members (excludes halogenated alkanes) is 1. The van der Waals surface area contributed by atoms with Crippen LogP contribution in [0, 0.1) is 0 Å². The molecule has 2 rings (SSSR count). The summed E-state index contributed by atoms with van der Waals surface area (Å²) in [5.74, 6) is 0.649. The van der Waals surface area contributed by atoms with E-state index in [4.69, 9.17) is 5.73 Å². The maximum atomic E-state index is 6.14. The van der Waals surface area contributed by atoms with Crippen molar-refractivity contribution in [1.82, 2.24) is 0 Å². The maximum absolute atomic E-state index is 6.14. The molecule has 0 spiro atoms. The van der Waals surface area contributed by atoms with Crippen LogP contribution in [0.15, 0.2) is 33.7 Å². The minimum atomic E-state index is 0.0564. The molecule has 2 N–H and O–H groups in total. The fourth-order valence-corrected chi connectivity index (χ4v) is 3.16. The topological polar surface area (TPSA) is 41.6 Å². The Balaban J connectivity index is 2.35. The van der Waals surface area contributed by atoms with Crippen LogP contribution in [-0.2, 0) is 0 Å². The van der Waals surface area contributed by atoms with Gasteiger partial charge in [0.2, 0.25) is 0 Å². The van der Waals surface area contributed by atoms with Gasteiger partial charge in [0, 0.05) is 10.2 Å². The molecule has 0 amide bonds. The molecule has 3 nitrogen and oxygen atoms in total. The van der Waals surface area contributed by atoms with Gasteiger partial charge in [-0.3, -0.25) is 4.99 Å². The zero-order valence-electron chi connectivity index (χ0n) is 11.7. The molecule has 104 valence electrons. The smallest absolute Gasteiger partial charge is 0.196 e. The lowest BCUT2D eigenvalue weighted by atomic mass is 9.88. The molecule has 19 heavy (non-hydrogen) atoms. The van der Waals surface area contributed by atoms with E-state index in [2.05, 4.69) is 51.8 Å². The number of nitrogens with two attached hydrogens (primary N) is 1. The highest BCUT2D eigenvalue weighted by Crippen LogP contribution is 2.36. The zero-order chi connectivity index (χ0) is 13.9. The highest BCUT2D eigenvalue weighted by molar-refractivity contribution is 9.10. The van der Waals surface area contributed by atoms with Crippen molar-refractivity contribution < 1.29 is 0 Å². The number of hydrogen-bond donors (Lipinski definition) is 1. The third-order valence-electron chi connectivity index (χ3n) is 3.96. The SMILES string of the molecule is CCCCC1(CC)CN=C(N)N1c1cccc(Br)c1. The van der Waals surface area contributed by atoms with Gasteiger partial charge >= 0.3 is 0 Å². The Labute approximate surface area is 124 Å². The molecular weight excluding hydrogens is 302 g/mol. The van der Waals surface area contributed by atoms with Gasteiger partial charge < -0.3 is 10.6 Å². The van der Waals surface area contributed by atoms with Crippen molar-refractivity contribution in [2.45, 2.75) is 45.1 Å². The average molecular weight is 324 g/mol. The number of rotatable bonds is 5. The minimum Gasteiger partial charge on any atom is -0.369 e. The molecule has 1 unspecified atom stereocenters. The number of nitrogens with zero attached hydrogens (tertiary/aromatic N) is 2. The quantitative estimate of drug-likeness (QED) is 0.892. The van der Waals surface area contributed by atoms with E-state index in [0.717, 1.165) is 29.5 Å². The van der Waals surface area contributed by atoms with Crippen LogP contribution in [0.25, 0.3) is 0 Å². The number of halogens is 1. The van der Waals surface area contributed by atoms with E-state index >= 15 is 0 Å². The van der Waals surface area contributed by atoms with E-state index in [9.17, 15) is 0 Å². The first kappa shape index (κ1) is 14.4. The summed E-state index contributed by atoms with van der Waals surface area (Å²) in [6, 6.07) is 8.30. The van der Waals surface area contributed by atoms with Crippen LogP contribution >= 0.6 is 15.9 Å². The first-order valence-electron chi connectivity index (χ1n) is 6.98. The summed E-state index contributed by atoms with van der Waals surface area (Å²) in [5.41, 5.74) is 7.33. The van der Waals surface area contributed by atoms with Gasteiger partial charge in [-0.05, 0) is 31.0 Å². The first-order chi connectivity index (χ1) is 9.13. The number of benzene rings is 1. The number of hydrogen-bond acceptors (Lipinski definition) is 3. The first-order valence-corrected chi connectivity index (χ1v) is 7.78. The lowest BCUT2D eigenvalue weighted by Gasteiger charge is -2.39. The van der Waals surface area contributed by atoms with E-state index in [1.165, 1.54) is 12.8 Å². The number of aliphatic imine (C=N–C) groups is 1. The van der Waals surface area contributed by atoms with E-state index in [-0.39, 0.29) is 5.54 Å². The van der Waals surface area contributed by atoms with Crippen LogP contribution in [0.1, 0.15) is 39.5 Å². The minimum absolute atomic E-state index is 0.0564. The average Bonchev–Trinajstić information content (AvgIpc) is 2.74. The van der Waals surface area contributed by atoms with Gasteiger partial charge in [0.05, 0.1) is 12.1 Å². The van der Waals surface area contributed by atoms with E-state index in [1.807, 2.05) is 12.1 Å². The van der Waals surface area contributed by atoms with Crippen LogP contribution in [0.4, 0.5) is 5.69 Å². The Morgan fingerprint density at radius 2 is 2.21 bits per heavy atom. The van der Waals surface area contributed by atoms with Gasteiger partial charge in [0.25, 0.3) is 0 Å². The summed E-state index contributed by atoms with van der Waals surface area (Å²) < 4.78 is 1.07. The monoisotopic (exact) mass is 323 g/mol. The standard InChI is InChI=1S/C15H22BrN3/c1-3-5-9-15(4-2)11-18-14(17)19(15)13-8-6-7-12(16)10-13/h6-8,10H,3-5,9,11H2,1-2H3,(H2,17,18). The van der Waals surface area contributed by atoms with E-state index in [0.29, 0.717) is 5.96 Å². The molecule has 0 aromatic heterocycles. The fraction of sp³-hybridized carbons (Fsp3) is 0.533. The normalized spacial score (nSPS) is 22.7. The van der Waals surface area contributed by atoms with Crippen LogP contribution in [0.3, 0.4) is 0 Å². The fourth-order valence-electron chi connectivity index (χ4n) is 2.78. The number of anilines is 1. The largest absolute Gasteiger partial charge is 0.369 e. The van der Waals surface area contributed by atoms with Crippen LogP contribution < -0.4 is 10.6 Å². The second kappa shape index (κ2) is 5.95. The molecule has 1 aromatic carbocycles. The molecule has 1 aromatic rings. The van der Waals surface area contributed by atoms with E-state index < -0.39 is 0 Å². The van der Waals surface area contributed by atoms with Crippen molar-refractivity contribution >= 4 is 27.6 Å². The molecular formula is C15H22BrN3. The van der Waals surface area contributed by atoms with Crippen molar-refractivity contribution in [3.05, 3.63) is 28.7 Å². The summed E-state index contributed by atoms with van der Waals surface area (Å²) in [4.78, 5) is 6.74. The highest BCUT2D eigenvalue weighted by Gasteiger charge is 2.41. The van der Waals surface area contributed by atoms with Gasteiger partial charge in [-0.2, -0.15) is 0 Å². The van der Waals surface area contributed by atoms with Crippen molar-refractivity contribution in [1.29, 1.82) is 0 Å². The predicted molar refractivity (Wildman–Crippen MR) is 85.7 cm³/mol. The van der Waals surface area contributed by atoms with Crippen LogP contribution in [-0.4, -0.2) is 18.0 Å². The van der Waals surface area contributed by atoms with Gasteiger partial charge in [0.15, 0.2) is 5.96 Å². The molecule has 0 saturated carbocycles. The summed E-state index contributed by atoms with van der Waals surface area (Å²) in [6.07, 6.45) is 4.61. The predicted octanol–water partition coefficient (Wildman–Crippen LogP) is 3.92. The van der Waals surface area contributed by atoms with Gasteiger partial charge in [-0.15, -0.1) is 0 Å². The third kappa shape index (κ3) is 2.78. The van der Waals surface area contributed by atoms with Crippen molar-refractivity contribution in [3.8, 4) is 0 Å². The Morgan fingerprint density at radius 1 is 1.42 bits per heavy atom. The second-order valence-corrected chi connectivity index (χ2v) is 6.09. The Hall–Kier alpha value is -1.03. The van der Waals surface area contributed by atoms with Crippen molar-refractivity contribution in [2.75, 3.05) is 11.4 Å². The molecule has 4 heteroatoms. The van der Waals surface area contributed by atoms with Crippen LogP contribution in [0.5, 0.6) is 0 Å². The van der Waals surface area contributed by atoms with Gasteiger partial charge in [-0.25, -0.2) is 0 Å². The molecule has 0 saturated heterocycles. The Bertz CT molecular complexity index is 472. The van der Waals surface area contributed by atoms with Gasteiger partial charge in [0.1, 0.15) is 0 Å². The lowest BCUT2D eigenvalue weighted by molar-refractivity contribution is 0.394. The summed E-state index contributed by atoms with van der Waals surface area (Å²) in [5, 5.41) is 0. The number of guanidine groups is 1. The molecule has 1 aliphatic rings. The Morgan fingerprint density at radius 3 is 2.84 bits per heavy atom. The summed E-state index contributed by atoms with van der Waals surface area (Å²) in [6.45, 7) is 5.27. The second-order valence-electron chi connectivity index (χ2n) is 5.17. The van der Waals surface area contributed by atoms with Crippen molar-refractivity contribution in [3.63, 3.8) is 0 Å². The third-order valence-corrected chi connectivity index (χ3v) is 4.45. The molecule has 0 radical (unpaired) electrons. The summed E-state index contributed by atoms with van der Waals surface area (Å²) in [7, 11) is 0. The molecule has 1 aliphatic heterocycles. The zero-order valence-corrected chi connectivity index (χ0v) is 13.3. The van der Waals surface area contributed by atoms with E-state index in [1.54, 1.807) is 0 Å². The molecule has 0 bridgehead atoms. The molecule has 0 fully saturated rings. The summed E-state index contributed by atoms with van der Waals surface area (Å²) >= 11 is 3.53. The molecule has 0 aliphatic carbocycles. The molecule has 1 heterocycles. The highest BCUT2D eigenvalue weighted by atomic mass is 79.9. The van der Waals surface area contributed by atoms with Crippen molar-refractivity contribution in [2.24, 2.45) is 10.7 Å². The van der Waals surface area contributed by atoms with Crippen LogP contribution in [0.2, 0.25) is 0 Å². The lowest BCUT2D eigenvalue weighted by Crippen LogP contribution is -2.51.